The molecule has 0 saturated carbocycles. The summed E-state index contributed by atoms with van der Waals surface area (Å²) in [5, 5.41) is 0.323. The summed E-state index contributed by atoms with van der Waals surface area (Å²) >= 11 is 5.96. The van der Waals surface area contributed by atoms with Crippen molar-refractivity contribution < 1.29 is 17.9 Å². The number of ether oxygens (including phenoxy) is 2. The monoisotopic (exact) mass is 376 g/mol. The number of benzene rings is 1. The molecule has 24 heavy (non-hydrogen) atoms. The van der Waals surface area contributed by atoms with Crippen LogP contribution in [-0.4, -0.2) is 39.8 Å². The van der Waals surface area contributed by atoms with Crippen LogP contribution in [-0.2, 0) is 14.8 Å². The van der Waals surface area contributed by atoms with Gasteiger partial charge in [0, 0.05) is 23.7 Å². The molecular formula is C16H25ClN2O4S. The van der Waals surface area contributed by atoms with Crippen LogP contribution in [0.5, 0.6) is 5.75 Å². The lowest BCUT2D eigenvalue weighted by molar-refractivity contribution is -0.0116. The molecule has 0 radical (unpaired) electrons. The van der Waals surface area contributed by atoms with Crippen molar-refractivity contribution in [1.29, 1.82) is 0 Å². The fraction of sp³-hybridized carbons (Fsp3) is 0.625. The van der Waals surface area contributed by atoms with Crippen molar-refractivity contribution in [2.45, 2.75) is 49.6 Å². The summed E-state index contributed by atoms with van der Waals surface area (Å²) in [7, 11) is -3.78. The highest BCUT2D eigenvalue weighted by molar-refractivity contribution is 7.89. The van der Waals surface area contributed by atoms with Gasteiger partial charge in [0.1, 0.15) is 17.3 Å². The number of sulfonamides is 1. The van der Waals surface area contributed by atoms with Crippen molar-refractivity contribution in [3.63, 3.8) is 0 Å². The summed E-state index contributed by atoms with van der Waals surface area (Å²) in [6, 6.07) is 4.54. The van der Waals surface area contributed by atoms with Crippen LogP contribution >= 0.6 is 11.6 Å². The van der Waals surface area contributed by atoms with Gasteiger partial charge in [0.25, 0.3) is 0 Å². The lowest BCUT2D eigenvalue weighted by Crippen LogP contribution is -2.45. The first-order chi connectivity index (χ1) is 11.2. The van der Waals surface area contributed by atoms with E-state index in [0.29, 0.717) is 18.2 Å². The molecule has 6 nitrogen and oxygen atoms in total. The molecule has 8 heteroatoms. The van der Waals surface area contributed by atoms with Crippen molar-refractivity contribution in [2.24, 2.45) is 5.73 Å². The molecule has 136 valence electrons. The van der Waals surface area contributed by atoms with E-state index in [2.05, 4.69) is 4.72 Å². The zero-order chi connectivity index (χ0) is 17.8. The first-order valence-electron chi connectivity index (χ1n) is 8.00. The Bertz CT molecular complexity index is 653. The highest BCUT2D eigenvalue weighted by Gasteiger charge is 2.24. The van der Waals surface area contributed by atoms with Crippen molar-refractivity contribution in [3.8, 4) is 5.75 Å². The Morgan fingerprint density at radius 3 is 2.79 bits per heavy atom. The van der Waals surface area contributed by atoms with Crippen molar-refractivity contribution in [1.82, 2.24) is 4.72 Å². The SMILES string of the molecule is CC(C)(N)CNS(=O)(=O)c1cc(Cl)ccc1OCC1CCCCO1. The van der Waals surface area contributed by atoms with E-state index in [1.807, 2.05) is 0 Å². The molecule has 1 aliphatic heterocycles. The number of nitrogens with one attached hydrogen (secondary N) is 1. The first-order valence-corrected chi connectivity index (χ1v) is 9.86. The maximum absolute atomic E-state index is 12.6. The van der Waals surface area contributed by atoms with E-state index in [0.717, 1.165) is 19.3 Å². The molecule has 0 spiro atoms. The fourth-order valence-corrected chi connectivity index (χ4v) is 3.92. The van der Waals surface area contributed by atoms with Gasteiger partial charge in [-0.2, -0.15) is 0 Å². The molecule has 0 aliphatic carbocycles. The molecule has 1 atom stereocenters. The first kappa shape index (κ1) is 19.5. The molecule has 0 aromatic heterocycles. The van der Waals surface area contributed by atoms with Crippen LogP contribution in [0.3, 0.4) is 0 Å². The molecule has 1 aromatic rings. The van der Waals surface area contributed by atoms with Gasteiger partial charge in [0.05, 0.1) is 6.10 Å². The lowest BCUT2D eigenvalue weighted by Gasteiger charge is -2.23. The van der Waals surface area contributed by atoms with Gasteiger partial charge in [0.15, 0.2) is 0 Å². The van der Waals surface area contributed by atoms with Gasteiger partial charge in [0.2, 0.25) is 10.0 Å². The van der Waals surface area contributed by atoms with E-state index in [1.54, 1.807) is 26.0 Å². The summed E-state index contributed by atoms with van der Waals surface area (Å²) in [4.78, 5) is 0.00931. The summed E-state index contributed by atoms with van der Waals surface area (Å²) in [5.41, 5.74) is 5.18. The summed E-state index contributed by atoms with van der Waals surface area (Å²) in [6.07, 6.45) is 3.04. The predicted molar refractivity (Wildman–Crippen MR) is 94.0 cm³/mol. The maximum Gasteiger partial charge on any atom is 0.244 e. The molecule has 1 heterocycles. The second kappa shape index (κ2) is 8.01. The van der Waals surface area contributed by atoms with Crippen LogP contribution in [0.1, 0.15) is 33.1 Å². The Kier molecular flexibility index (Phi) is 6.50. The van der Waals surface area contributed by atoms with Gasteiger partial charge in [-0.25, -0.2) is 13.1 Å². The van der Waals surface area contributed by atoms with Crippen LogP contribution in [0.4, 0.5) is 0 Å². The molecule has 0 amide bonds. The number of rotatable bonds is 7. The van der Waals surface area contributed by atoms with Gasteiger partial charge in [-0.1, -0.05) is 11.6 Å². The van der Waals surface area contributed by atoms with E-state index < -0.39 is 15.6 Å². The quantitative estimate of drug-likeness (QED) is 0.762. The molecule has 1 aliphatic rings. The molecule has 1 unspecified atom stereocenters. The van der Waals surface area contributed by atoms with Crippen molar-refractivity contribution in [2.75, 3.05) is 19.8 Å². The molecule has 1 aromatic carbocycles. The van der Waals surface area contributed by atoms with Crippen LogP contribution in [0, 0.1) is 0 Å². The Morgan fingerprint density at radius 2 is 2.17 bits per heavy atom. The average molecular weight is 377 g/mol. The zero-order valence-corrected chi connectivity index (χ0v) is 15.6. The van der Waals surface area contributed by atoms with E-state index in [1.165, 1.54) is 6.07 Å². The molecule has 1 fully saturated rings. The molecular weight excluding hydrogens is 352 g/mol. The summed E-state index contributed by atoms with van der Waals surface area (Å²) in [6.45, 7) is 4.61. The second-order valence-corrected chi connectivity index (χ2v) is 8.88. The average Bonchev–Trinajstić information content (AvgIpc) is 2.52. The van der Waals surface area contributed by atoms with Gasteiger partial charge in [-0.3, -0.25) is 0 Å². The predicted octanol–water partition coefficient (Wildman–Crippen LogP) is 2.30. The number of halogens is 1. The minimum Gasteiger partial charge on any atom is -0.489 e. The van der Waals surface area contributed by atoms with Gasteiger partial charge >= 0.3 is 0 Å². The van der Waals surface area contributed by atoms with Crippen LogP contribution < -0.4 is 15.2 Å². The third-order valence-electron chi connectivity index (χ3n) is 3.61. The van der Waals surface area contributed by atoms with E-state index >= 15 is 0 Å². The molecule has 2 rings (SSSR count). The fourth-order valence-electron chi connectivity index (χ4n) is 2.29. The number of hydrogen-bond donors (Lipinski definition) is 2. The lowest BCUT2D eigenvalue weighted by atomic mass is 10.1. The third-order valence-corrected chi connectivity index (χ3v) is 5.27. The summed E-state index contributed by atoms with van der Waals surface area (Å²) < 4.78 is 39.0. The highest BCUT2D eigenvalue weighted by Crippen LogP contribution is 2.28. The smallest absolute Gasteiger partial charge is 0.244 e. The van der Waals surface area contributed by atoms with E-state index in [-0.39, 0.29) is 23.3 Å². The second-order valence-electron chi connectivity index (χ2n) is 6.70. The molecule has 0 bridgehead atoms. The number of hydrogen-bond acceptors (Lipinski definition) is 5. The summed E-state index contributed by atoms with van der Waals surface area (Å²) in [5.74, 6) is 0.260. The van der Waals surface area contributed by atoms with E-state index in [9.17, 15) is 8.42 Å². The Balaban J connectivity index is 2.14. The van der Waals surface area contributed by atoms with Gasteiger partial charge < -0.3 is 15.2 Å². The topological polar surface area (TPSA) is 90.7 Å². The van der Waals surface area contributed by atoms with Crippen LogP contribution in [0.2, 0.25) is 5.02 Å². The third kappa shape index (κ3) is 5.89. The van der Waals surface area contributed by atoms with Crippen LogP contribution in [0.25, 0.3) is 0 Å². The highest BCUT2D eigenvalue weighted by atomic mass is 35.5. The molecule has 1 saturated heterocycles. The zero-order valence-electron chi connectivity index (χ0n) is 14.0. The minimum atomic E-state index is -3.78. The van der Waals surface area contributed by atoms with Gasteiger partial charge in [-0.05, 0) is 51.3 Å². The standard InChI is InChI=1S/C16H25ClN2O4S/c1-16(2,18)11-19-24(20,21)15-9-12(17)6-7-14(15)23-10-13-5-3-4-8-22-13/h6-7,9,13,19H,3-5,8,10-11,18H2,1-2H3. The number of nitrogens with two attached hydrogens (primary N) is 1. The van der Waals surface area contributed by atoms with E-state index in [4.69, 9.17) is 26.8 Å². The van der Waals surface area contributed by atoms with Crippen molar-refractivity contribution >= 4 is 21.6 Å². The minimum absolute atomic E-state index is 0.00931. The Morgan fingerprint density at radius 1 is 1.42 bits per heavy atom. The molecule has 3 N–H and O–H groups in total. The Labute approximate surface area is 148 Å². The van der Waals surface area contributed by atoms with Gasteiger partial charge in [-0.15, -0.1) is 0 Å². The van der Waals surface area contributed by atoms with Crippen LogP contribution in [0.15, 0.2) is 23.1 Å². The maximum atomic E-state index is 12.6. The van der Waals surface area contributed by atoms with Crippen molar-refractivity contribution in [3.05, 3.63) is 23.2 Å². The largest absolute Gasteiger partial charge is 0.489 e. The normalized spacial score (nSPS) is 19.2. The Hall–Kier alpha value is -0.860.